The number of fused-ring (bicyclic) bond motifs is 1. The quantitative estimate of drug-likeness (QED) is 0.501. The number of pyridine rings is 1. The molecule has 1 fully saturated rings. The number of aryl methyl sites for hydroxylation is 1. The number of rotatable bonds is 7. The van der Waals surface area contributed by atoms with Crippen LogP contribution in [-0.2, 0) is 21.2 Å². The Kier molecular flexibility index (Phi) is 5.94. The molecule has 34 heavy (non-hydrogen) atoms. The molecule has 1 aromatic carbocycles. The smallest absolute Gasteiger partial charge is 0.341 e. The van der Waals surface area contributed by atoms with Crippen molar-refractivity contribution in [3.63, 3.8) is 0 Å². The second-order valence-corrected chi connectivity index (χ2v) is 10.5. The molecule has 3 N–H and O–H groups in total. The number of sulfone groups is 1. The number of carbonyl (C=O) groups excluding carboxylic acids is 2. The van der Waals surface area contributed by atoms with E-state index in [2.05, 4.69) is 5.32 Å². The van der Waals surface area contributed by atoms with Crippen LogP contribution in [0, 0.1) is 12.8 Å². The number of aromatic hydroxyl groups is 1. The SMILES string of the molecule is Cc1ccc(S(=O)(=O)CNC(=O)C2Cn3cc(C(=O)O)c(=O)c(O)c3C(=O)N2CC2CC2)cc1. The third-order valence-electron chi connectivity index (χ3n) is 5.97. The molecule has 1 aromatic heterocycles. The maximum atomic E-state index is 13.2. The van der Waals surface area contributed by atoms with Gasteiger partial charge in [-0.1, -0.05) is 17.7 Å². The Morgan fingerprint density at radius 2 is 1.79 bits per heavy atom. The first-order valence-electron chi connectivity index (χ1n) is 10.6. The van der Waals surface area contributed by atoms with Crippen molar-refractivity contribution < 1.29 is 33.0 Å². The van der Waals surface area contributed by atoms with Crippen LogP contribution in [0.4, 0.5) is 0 Å². The predicted octanol–water partition coefficient (Wildman–Crippen LogP) is 0.343. The minimum Gasteiger partial charge on any atom is -0.503 e. The Bertz CT molecular complexity index is 1340. The summed E-state index contributed by atoms with van der Waals surface area (Å²) in [5.41, 5.74) is -1.45. The summed E-state index contributed by atoms with van der Waals surface area (Å²) < 4.78 is 26.3. The molecule has 1 unspecified atom stereocenters. The monoisotopic (exact) mass is 489 g/mol. The first-order chi connectivity index (χ1) is 16.0. The summed E-state index contributed by atoms with van der Waals surface area (Å²) in [6.07, 6.45) is 2.60. The number of aromatic carboxylic acids is 1. The standard InChI is InChI=1S/C22H23N3O8S/c1-12-2-6-14(7-3-12)34(32,33)11-23-20(28)16-10-24-9-15(22(30)31)18(26)19(27)17(24)21(29)25(16)8-13-4-5-13/h2-3,6-7,9,13,16,27H,4-5,8,10-11H2,1H3,(H,23,28)(H,30,31). The average molecular weight is 490 g/mol. The Morgan fingerprint density at radius 3 is 2.38 bits per heavy atom. The van der Waals surface area contributed by atoms with E-state index >= 15 is 0 Å². The van der Waals surface area contributed by atoms with E-state index in [1.165, 1.54) is 17.0 Å². The van der Waals surface area contributed by atoms with E-state index in [9.17, 15) is 37.8 Å². The van der Waals surface area contributed by atoms with Gasteiger partial charge in [0, 0.05) is 12.7 Å². The molecular formula is C22H23N3O8S. The number of benzene rings is 1. The number of aromatic nitrogens is 1. The van der Waals surface area contributed by atoms with Gasteiger partial charge in [0.05, 0.1) is 11.4 Å². The van der Waals surface area contributed by atoms with Crippen LogP contribution < -0.4 is 10.7 Å². The second-order valence-electron chi connectivity index (χ2n) is 8.56. The lowest BCUT2D eigenvalue weighted by molar-refractivity contribution is -0.126. The number of hydrogen-bond acceptors (Lipinski definition) is 7. The highest BCUT2D eigenvalue weighted by atomic mass is 32.2. The number of amides is 2. The molecule has 0 spiro atoms. The lowest BCUT2D eigenvalue weighted by Gasteiger charge is -2.37. The maximum Gasteiger partial charge on any atom is 0.341 e. The Labute approximate surface area is 194 Å². The molecule has 1 saturated carbocycles. The fraction of sp³-hybridized carbons (Fsp3) is 0.364. The van der Waals surface area contributed by atoms with Crippen LogP contribution >= 0.6 is 0 Å². The fourth-order valence-corrected chi connectivity index (χ4v) is 4.91. The number of carbonyl (C=O) groups is 3. The van der Waals surface area contributed by atoms with Crippen molar-refractivity contribution >= 4 is 27.6 Å². The number of nitrogens with zero attached hydrogens (tertiary/aromatic N) is 2. The van der Waals surface area contributed by atoms with Gasteiger partial charge in [-0.15, -0.1) is 0 Å². The molecule has 0 saturated heterocycles. The van der Waals surface area contributed by atoms with Gasteiger partial charge >= 0.3 is 5.97 Å². The largest absolute Gasteiger partial charge is 0.503 e. The Hall–Kier alpha value is -3.67. The molecule has 1 aliphatic heterocycles. The number of carboxylic acids is 1. The van der Waals surface area contributed by atoms with E-state index in [4.69, 9.17) is 0 Å². The number of carboxylic acid groups (broad SMARTS) is 1. The lowest BCUT2D eigenvalue weighted by atomic mass is 10.1. The third kappa shape index (κ3) is 4.40. The van der Waals surface area contributed by atoms with Crippen LogP contribution in [0.3, 0.4) is 0 Å². The highest BCUT2D eigenvalue weighted by molar-refractivity contribution is 7.91. The molecular weight excluding hydrogens is 466 g/mol. The van der Waals surface area contributed by atoms with Gasteiger partial charge in [0.1, 0.15) is 17.5 Å². The van der Waals surface area contributed by atoms with Crippen LogP contribution in [-0.4, -0.2) is 64.3 Å². The van der Waals surface area contributed by atoms with Crippen molar-refractivity contribution in [2.24, 2.45) is 5.92 Å². The third-order valence-corrected chi connectivity index (χ3v) is 7.48. The van der Waals surface area contributed by atoms with Crippen molar-refractivity contribution in [3.8, 4) is 5.75 Å². The summed E-state index contributed by atoms with van der Waals surface area (Å²) in [7, 11) is -3.84. The summed E-state index contributed by atoms with van der Waals surface area (Å²) >= 11 is 0. The van der Waals surface area contributed by atoms with Gasteiger partial charge in [-0.25, -0.2) is 13.2 Å². The summed E-state index contributed by atoms with van der Waals surface area (Å²) in [4.78, 5) is 51.0. The van der Waals surface area contributed by atoms with E-state index < -0.39 is 62.0 Å². The highest BCUT2D eigenvalue weighted by Gasteiger charge is 2.42. The molecule has 2 aliphatic rings. The van der Waals surface area contributed by atoms with E-state index in [1.807, 2.05) is 6.92 Å². The van der Waals surface area contributed by atoms with Gasteiger partial charge in [-0.2, -0.15) is 0 Å². The molecule has 2 aromatic rings. The zero-order valence-electron chi connectivity index (χ0n) is 18.2. The van der Waals surface area contributed by atoms with Crippen LogP contribution in [0.5, 0.6) is 5.75 Å². The van der Waals surface area contributed by atoms with E-state index in [-0.39, 0.29) is 23.9 Å². The van der Waals surface area contributed by atoms with Gasteiger partial charge in [-0.3, -0.25) is 14.4 Å². The zero-order chi connectivity index (χ0) is 24.8. The summed E-state index contributed by atoms with van der Waals surface area (Å²) in [6.45, 7) is 1.75. The van der Waals surface area contributed by atoms with Crippen LogP contribution in [0.15, 0.2) is 40.2 Å². The molecule has 1 atom stereocenters. The van der Waals surface area contributed by atoms with Crippen molar-refractivity contribution in [1.82, 2.24) is 14.8 Å². The molecule has 180 valence electrons. The number of nitrogens with one attached hydrogen (secondary N) is 1. The Balaban J connectivity index is 1.63. The first kappa shape index (κ1) is 23.5. The zero-order valence-corrected chi connectivity index (χ0v) is 19.0. The predicted molar refractivity (Wildman–Crippen MR) is 118 cm³/mol. The van der Waals surface area contributed by atoms with Crippen molar-refractivity contribution in [2.75, 3.05) is 12.4 Å². The van der Waals surface area contributed by atoms with Gasteiger partial charge in [0.2, 0.25) is 11.3 Å². The van der Waals surface area contributed by atoms with E-state index in [1.54, 1.807) is 12.1 Å². The van der Waals surface area contributed by atoms with Crippen LogP contribution in [0.2, 0.25) is 0 Å². The number of hydrogen-bond donors (Lipinski definition) is 3. The molecule has 11 nitrogen and oxygen atoms in total. The maximum absolute atomic E-state index is 13.2. The molecule has 4 rings (SSSR count). The average Bonchev–Trinajstić information content (AvgIpc) is 3.60. The van der Waals surface area contributed by atoms with Crippen molar-refractivity contribution in [3.05, 3.63) is 57.5 Å². The Morgan fingerprint density at radius 1 is 1.15 bits per heavy atom. The molecule has 2 heterocycles. The molecule has 1 aliphatic carbocycles. The normalized spacial score (nSPS) is 17.9. The molecule has 0 bridgehead atoms. The van der Waals surface area contributed by atoms with Gasteiger partial charge in [0.15, 0.2) is 21.3 Å². The second kappa shape index (κ2) is 8.60. The lowest BCUT2D eigenvalue weighted by Crippen LogP contribution is -2.56. The van der Waals surface area contributed by atoms with Crippen LogP contribution in [0.25, 0.3) is 0 Å². The molecule has 12 heteroatoms. The molecule has 0 radical (unpaired) electrons. The summed E-state index contributed by atoms with van der Waals surface area (Å²) in [6, 6.07) is 4.98. The van der Waals surface area contributed by atoms with Gasteiger partial charge < -0.3 is 25.0 Å². The van der Waals surface area contributed by atoms with E-state index in [0.717, 1.165) is 29.2 Å². The minimum atomic E-state index is -3.84. The summed E-state index contributed by atoms with van der Waals surface area (Å²) in [5.74, 6) is -4.68. The topological polar surface area (TPSA) is 163 Å². The van der Waals surface area contributed by atoms with E-state index in [0.29, 0.717) is 0 Å². The van der Waals surface area contributed by atoms with Crippen LogP contribution in [0.1, 0.15) is 39.3 Å². The first-order valence-corrected chi connectivity index (χ1v) is 12.2. The minimum absolute atomic E-state index is 0.0340. The van der Waals surface area contributed by atoms with Gasteiger partial charge in [0.25, 0.3) is 5.91 Å². The van der Waals surface area contributed by atoms with Crippen molar-refractivity contribution in [2.45, 2.75) is 37.2 Å². The highest BCUT2D eigenvalue weighted by Crippen LogP contribution is 2.33. The summed E-state index contributed by atoms with van der Waals surface area (Å²) in [5, 5.41) is 21.9. The molecule has 2 amide bonds. The van der Waals surface area contributed by atoms with Gasteiger partial charge in [-0.05, 0) is 37.8 Å². The van der Waals surface area contributed by atoms with Crippen molar-refractivity contribution in [1.29, 1.82) is 0 Å². The fourth-order valence-electron chi connectivity index (χ4n) is 3.86.